The van der Waals surface area contributed by atoms with Gasteiger partial charge in [-0.3, -0.25) is 4.68 Å². The molecule has 2 aliphatic carbocycles. The van der Waals surface area contributed by atoms with Crippen molar-refractivity contribution in [2.24, 2.45) is 23.8 Å². The van der Waals surface area contributed by atoms with Gasteiger partial charge in [0.15, 0.2) is 0 Å². The summed E-state index contributed by atoms with van der Waals surface area (Å²) in [7, 11) is 1.99. The lowest BCUT2D eigenvalue weighted by molar-refractivity contribution is 0.152. The number of nitrogens with one attached hydrogen (secondary N) is 1. The Bertz CT molecular complexity index is 833. The molecule has 2 aromatic rings. The van der Waals surface area contributed by atoms with Gasteiger partial charge in [0.25, 0.3) is 0 Å². The van der Waals surface area contributed by atoms with Crippen molar-refractivity contribution >= 4 is 5.82 Å². The fourth-order valence-electron chi connectivity index (χ4n) is 5.99. The van der Waals surface area contributed by atoms with Crippen LogP contribution in [0.15, 0.2) is 24.7 Å². The van der Waals surface area contributed by atoms with E-state index < -0.39 is 0 Å². The summed E-state index contributed by atoms with van der Waals surface area (Å²) >= 11 is 0. The monoisotopic (exact) mass is 336 g/mol. The maximum Gasteiger partial charge on any atom is 0.129 e. The zero-order chi connectivity index (χ0) is 17.4. The molecule has 4 nitrogen and oxygen atoms in total. The van der Waals surface area contributed by atoms with E-state index in [-0.39, 0.29) is 0 Å². The smallest absolute Gasteiger partial charge is 0.129 e. The minimum atomic E-state index is 0.373. The van der Waals surface area contributed by atoms with Crippen LogP contribution in [0, 0.1) is 16.7 Å². The highest BCUT2D eigenvalue weighted by Gasteiger charge is 2.60. The van der Waals surface area contributed by atoms with Crippen molar-refractivity contribution < 1.29 is 0 Å². The van der Waals surface area contributed by atoms with Gasteiger partial charge in [-0.25, -0.2) is 4.98 Å². The molecule has 25 heavy (non-hydrogen) atoms. The van der Waals surface area contributed by atoms with Gasteiger partial charge in [-0.05, 0) is 59.1 Å². The molecule has 2 aromatic heterocycles. The summed E-state index contributed by atoms with van der Waals surface area (Å²) in [5, 5.41) is 7.85. The van der Waals surface area contributed by atoms with E-state index >= 15 is 0 Å². The maximum absolute atomic E-state index is 4.80. The SMILES string of the molecule is Cn1cc(C2CNc3ncc(C4C[C@]5(C)CCC4C5(C)C)cc32)cn1. The number of hydrogen-bond acceptors (Lipinski definition) is 3. The van der Waals surface area contributed by atoms with Crippen LogP contribution in [0.4, 0.5) is 5.82 Å². The first-order valence-electron chi connectivity index (χ1n) is 9.61. The van der Waals surface area contributed by atoms with E-state index in [0.717, 1.165) is 18.3 Å². The fraction of sp³-hybridized carbons (Fsp3) is 0.619. The zero-order valence-electron chi connectivity index (χ0n) is 15.7. The molecule has 0 saturated heterocycles. The predicted molar refractivity (Wildman–Crippen MR) is 99.7 cm³/mol. The Balaban J connectivity index is 1.52. The van der Waals surface area contributed by atoms with Crippen LogP contribution in [0.3, 0.4) is 0 Å². The Hall–Kier alpha value is -1.84. The standard InChI is InChI=1S/C21H28N4/c1-20(2)18-5-6-21(20,3)8-16(18)13-7-15-17(11-23-19(15)22-9-13)14-10-24-25(4)12-14/h7,9-10,12,16-18H,5-6,8,11H2,1-4H3,(H,22,23)/t16?,17?,18?,21-/m0/s1. The van der Waals surface area contributed by atoms with Gasteiger partial charge in [0.05, 0.1) is 6.20 Å². The quantitative estimate of drug-likeness (QED) is 0.889. The molecule has 0 aromatic carbocycles. The second-order valence-corrected chi connectivity index (χ2v) is 9.33. The van der Waals surface area contributed by atoms with Crippen molar-refractivity contribution in [3.63, 3.8) is 0 Å². The highest BCUT2D eigenvalue weighted by atomic mass is 15.2. The maximum atomic E-state index is 4.80. The average molecular weight is 336 g/mol. The number of fused-ring (bicyclic) bond motifs is 3. The number of anilines is 1. The molecule has 0 amide bonds. The molecule has 3 unspecified atom stereocenters. The summed E-state index contributed by atoms with van der Waals surface area (Å²) in [5.74, 6) is 2.90. The number of hydrogen-bond donors (Lipinski definition) is 1. The summed E-state index contributed by atoms with van der Waals surface area (Å²) in [6, 6.07) is 2.45. The third-order valence-electron chi connectivity index (χ3n) is 7.99. The topological polar surface area (TPSA) is 42.7 Å². The second-order valence-electron chi connectivity index (χ2n) is 9.33. The molecule has 0 radical (unpaired) electrons. The van der Waals surface area contributed by atoms with Gasteiger partial charge >= 0.3 is 0 Å². The first-order chi connectivity index (χ1) is 11.9. The molecule has 3 aliphatic rings. The summed E-state index contributed by atoms with van der Waals surface area (Å²) in [4.78, 5) is 4.80. The van der Waals surface area contributed by atoms with Crippen LogP contribution in [0.1, 0.15) is 68.6 Å². The van der Waals surface area contributed by atoms with Crippen LogP contribution in [0.25, 0.3) is 0 Å². The molecule has 4 heteroatoms. The van der Waals surface area contributed by atoms with Gasteiger partial charge < -0.3 is 5.32 Å². The number of nitrogens with zero attached hydrogens (tertiary/aromatic N) is 3. The number of aryl methyl sites for hydroxylation is 1. The van der Waals surface area contributed by atoms with Gasteiger partial charge in [-0.2, -0.15) is 5.10 Å². The largest absolute Gasteiger partial charge is 0.369 e. The van der Waals surface area contributed by atoms with Gasteiger partial charge in [0, 0.05) is 37.5 Å². The van der Waals surface area contributed by atoms with E-state index in [1.165, 1.54) is 36.0 Å². The minimum absolute atomic E-state index is 0.373. The molecule has 1 aliphatic heterocycles. The molecule has 2 saturated carbocycles. The van der Waals surface area contributed by atoms with Crippen molar-refractivity contribution in [1.29, 1.82) is 0 Å². The van der Waals surface area contributed by atoms with Gasteiger partial charge in [-0.1, -0.05) is 20.8 Å². The molecular weight excluding hydrogens is 308 g/mol. The summed E-state index contributed by atoms with van der Waals surface area (Å²) in [5.41, 5.74) is 5.03. The van der Waals surface area contributed by atoms with Crippen LogP contribution in [0.2, 0.25) is 0 Å². The van der Waals surface area contributed by atoms with Crippen molar-refractivity contribution in [1.82, 2.24) is 14.8 Å². The predicted octanol–water partition coefficient (Wildman–Crippen LogP) is 4.30. The molecule has 2 bridgehead atoms. The normalized spacial score (nSPS) is 35.0. The van der Waals surface area contributed by atoms with Gasteiger partial charge in [-0.15, -0.1) is 0 Å². The molecule has 5 rings (SSSR count). The van der Waals surface area contributed by atoms with E-state index in [2.05, 4.69) is 49.6 Å². The summed E-state index contributed by atoms with van der Waals surface area (Å²) < 4.78 is 1.89. The Morgan fingerprint density at radius 2 is 2.04 bits per heavy atom. The van der Waals surface area contributed by atoms with E-state index in [1.54, 1.807) is 0 Å². The lowest BCUT2D eigenvalue weighted by Gasteiger charge is -2.34. The lowest BCUT2D eigenvalue weighted by Crippen LogP contribution is -2.26. The van der Waals surface area contributed by atoms with Crippen LogP contribution in [-0.2, 0) is 7.05 Å². The molecule has 1 N–H and O–H groups in total. The third kappa shape index (κ3) is 2.00. The van der Waals surface area contributed by atoms with E-state index in [4.69, 9.17) is 4.98 Å². The number of rotatable bonds is 2. The first-order valence-corrected chi connectivity index (χ1v) is 9.61. The highest BCUT2D eigenvalue weighted by Crippen LogP contribution is 2.70. The average Bonchev–Trinajstić information content (AvgIpc) is 3.28. The second kappa shape index (κ2) is 4.87. The summed E-state index contributed by atoms with van der Waals surface area (Å²) in [6.07, 6.45) is 10.3. The van der Waals surface area contributed by atoms with Crippen molar-refractivity contribution in [2.75, 3.05) is 11.9 Å². The lowest BCUT2D eigenvalue weighted by atomic mass is 9.71. The van der Waals surface area contributed by atoms with Crippen molar-refractivity contribution in [3.05, 3.63) is 41.3 Å². The molecule has 3 heterocycles. The first kappa shape index (κ1) is 15.4. The van der Waals surface area contributed by atoms with E-state index in [1.807, 2.05) is 17.9 Å². The molecular formula is C21H28N4. The van der Waals surface area contributed by atoms with Crippen LogP contribution in [0.5, 0.6) is 0 Å². The van der Waals surface area contributed by atoms with Gasteiger partial charge in [0.2, 0.25) is 0 Å². The highest BCUT2D eigenvalue weighted by molar-refractivity contribution is 5.56. The minimum Gasteiger partial charge on any atom is -0.369 e. The molecule has 4 atom stereocenters. The Labute approximate surface area is 150 Å². The number of aromatic nitrogens is 3. The molecule has 132 valence electrons. The van der Waals surface area contributed by atoms with Crippen LogP contribution in [-0.4, -0.2) is 21.3 Å². The van der Waals surface area contributed by atoms with Crippen molar-refractivity contribution in [3.8, 4) is 0 Å². The van der Waals surface area contributed by atoms with Crippen LogP contribution < -0.4 is 5.32 Å². The zero-order valence-corrected chi connectivity index (χ0v) is 15.7. The number of pyridine rings is 1. The van der Waals surface area contributed by atoms with Gasteiger partial charge in [0.1, 0.15) is 5.82 Å². The van der Waals surface area contributed by atoms with Crippen molar-refractivity contribution in [2.45, 2.75) is 51.9 Å². The van der Waals surface area contributed by atoms with E-state index in [9.17, 15) is 0 Å². The third-order valence-corrected chi connectivity index (χ3v) is 7.99. The van der Waals surface area contributed by atoms with E-state index in [0.29, 0.717) is 22.7 Å². The Kier molecular flexibility index (Phi) is 3.00. The molecule has 0 spiro atoms. The fourth-order valence-corrected chi connectivity index (χ4v) is 5.99. The van der Waals surface area contributed by atoms with Crippen LogP contribution >= 0.6 is 0 Å². The Morgan fingerprint density at radius 3 is 2.68 bits per heavy atom. The molecule has 2 fully saturated rings. The summed E-state index contributed by atoms with van der Waals surface area (Å²) in [6.45, 7) is 8.42. The Morgan fingerprint density at radius 1 is 1.20 bits per heavy atom.